The van der Waals surface area contributed by atoms with Gasteiger partial charge in [0.25, 0.3) is 21.2 Å². The highest BCUT2D eigenvalue weighted by atomic mass is 32.2. The van der Waals surface area contributed by atoms with Gasteiger partial charge in [-0.05, 0) is 50.2 Å². The fourth-order valence-corrected chi connectivity index (χ4v) is 5.47. The van der Waals surface area contributed by atoms with E-state index in [0.717, 1.165) is 4.57 Å². The largest absolute Gasteiger partial charge is 0.341 e. The summed E-state index contributed by atoms with van der Waals surface area (Å²) in [4.78, 5) is 41.2. The second-order valence-corrected chi connectivity index (χ2v) is 10.4. The normalized spacial score (nSPS) is 11.7. The highest BCUT2D eigenvalue weighted by Gasteiger charge is 2.27. The monoisotopic (exact) mass is 529 g/mol. The van der Waals surface area contributed by atoms with Crippen molar-refractivity contribution < 1.29 is 13.0 Å². The summed E-state index contributed by atoms with van der Waals surface area (Å²) in [7, 11) is -3.29. The Hall–Kier alpha value is -4.54. The summed E-state index contributed by atoms with van der Waals surface area (Å²) in [5.41, 5.74) is -0.541. The van der Waals surface area contributed by atoms with Crippen LogP contribution in [-0.2, 0) is 17.2 Å². The van der Waals surface area contributed by atoms with E-state index in [0.29, 0.717) is 16.9 Å². The van der Waals surface area contributed by atoms with Crippen LogP contribution in [0.4, 0.5) is 0 Å². The van der Waals surface area contributed by atoms with Crippen LogP contribution >= 0.6 is 0 Å². The first kappa shape index (κ1) is 25.1. The topological polar surface area (TPSA) is 120 Å². The van der Waals surface area contributed by atoms with Gasteiger partial charge in [-0.3, -0.25) is 18.7 Å². The molecule has 0 spiro atoms. The summed E-state index contributed by atoms with van der Waals surface area (Å²) in [6, 6.07) is 21.1. The van der Waals surface area contributed by atoms with Gasteiger partial charge in [0.05, 0.1) is 16.8 Å². The lowest BCUT2D eigenvalue weighted by atomic mass is 9.97. The van der Waals surface area contributed by atoms with Gasteiger partial charge < -0.3 is 0 Å². The maximum absolute atomic E-state index is 14.2. The van der Waals surface area contributed by atoms with E-state index in [-0.39, 0.29) is 27.7 Å². The second-order valence-electron chi connectivity index (χ2n) is 8.97. The molecule has 0 radical (unpaired) electrons. The predicted octanol–water partition coefficient (Wildman–Crippen LogP) is 3.37. The fraction of sp³-hybridized carbons (Fsp3) is 0.107. The van der Waals surface area contributed by atoms with E-state index < -0.39 is 31.8 Å². The molecule has 192 valence electrons. The summed E-state index contributed by atoms with van der Waals surface area (Å²) < 4.78 is 38.3. The van der Waals surface area contributed by atoms with E-state index in [4.69, 9.17) is 0 Å². The molecule has 0 aliphatic heterocycles. The molecule has 3 aromatic carbocycles. The molecular formula is C28H23N3O6S. The van der Waals surface area contributed by atoms with Gasteiger partial charge in [0.1, 0.15) is 10.5 Å². The minimum Gasteiger partial charge on any atom is -0.296 e. The van der Waals surface area contributed by atoms with Gasteiger partial charge in [0.2, 0.25) is 0 Å². The average molecular weight is 530 g/mol. The molecule has 0 saturated carbocycles. The van der Waals surface area contributed by atoms with E-state index in [1.165, 1.54) is 41.3 Å². The Balaban J connectivity index is 2.15. The standard InChI is InChI=1S/C28H23N3O6S/c1-17-14-15-22(38(35,36)37)21(16-17)23-18(2)26(32)29(3)25-24(23)27(33)31(20-12-8-5-9-13-20)28(34)30(25)19-10-6-4-7-11-19/h4-16H,1-3H3,(H,35,36,37). The first-order valence-electron chi connectivity index (χ1n) is 11.6. The van der Waals surface area contributed by atoms with Gasteiger partial charge in [0.15, 0.2) is 0 Å². The number of hydrogen-bond donors (Lipinski definition) is 1. The molecule has 9 nitrogen and oxygen atoms in total. The van der Waals surface area contributed by atoms with Gasteiger partial charge in [-0.15, -0.1) is 0 Å². The number of aryl methyl sites for hydroxylation is 2. The molecule has 5 aromatic rings. The van der Waals surface area contributed by atoms with Crippen LogP contribution in [0.25, 0.3) is 33.5 Å². The fourth-order valence-electron chi connectivity index (χ4n) is 4.79. The van der Waals surface area contributed by atoms with Crippen LogP contribution in [0.5, 0.6) is 0 Å². The number of nitrogens with zero attached hydrogens (tertiary/aromatic N) is 3. The molecule has 2 heterocycles. The minimum absolute atomic E-state index is 0.00762. The lowest BCUT2D eigenvalue weighted by Gasteiger charge is -2.21. The van der Waals surface area contributed by atoms with Crippen LogP contribution in [0.2, 0.25) is 0 Å². The molecule has 0 amide bonds. The minimum atomic E-state index is -4.74. The van der Waals surface area contributed by atoms with E-state index in [1.807, 2.05) is 0 Å². The summed E-state index contributed by atoms with van der Waals surface area (Å²) in [5.74, 6) is 0. The molecular weight excluding hydrogens is 506 g/mol. The van der Waals surface area contributed by atoms with E-state index in [9.17, 15) is 27.4 Å². The molecule has 0 saturated heterocycles. The van der Waals surface area contributed by atoms with E-state index >= 15 is 0 Å². The number of fused-ring (bicyclic) bond motifs is 1. The number of hydrogen-bond acceptors (Lipinski definition) is 5. The summed E-state index contributed by atoms with van der Waals surface area (Å²) in [6.45, 7) is 3.20. The first-order valence-corrected chi connectivity index (χ1v) is 13.1. The van der Waals surface area contributed by atoms with Crippen LogP contribution < -0.4 is 16.8 Å². The van der Waals surface area contributed by atoms with Gasteiger partial charge >= 0.3 is 5.69 Å². The van der Waals surface area contributed by atoms with Gasteiger partial charge in [0, 0.05) is 23.7 Å². The van der Waals surface area contributed by atoms with Crippen molar-refractivity contribution in [3.8, 4) is 22.5 Å². The maximum Gasteiger partial charge on any atom is 0.341 e. The van der Waals surface area contributed by atoms with Crippen molar-refractivity contribution >= 4 is 21.2 Å². The van der Waals surface area contributed by atoms with Crippen molar-refractivity contribution in [2.45, 2.75) is 18.7 Å². The molecule has 5 rings (SSSR count). The van der Waals surface area contributed by atoms with Crippen LogP contribution in [0, 0.1) is 13.8 Å². The number of para-hydroxylation sites is 2. The quantitative estimate of drug-likeness (QED) is 0.357. The van der Waals surface area contributed by atoms with Gasteiger partial charge in [-0.25, -0.2) is 13.9 Å². The number of rotatable bonds is 4. The molecule has 38 heavy (non-hydrogen) atoms. The van der Waals surface area contributed by atoms with Crippen LogP contribution in [-0.4, -0.2) is 26.7 Å². The molecule has 0 bridgehead atoms. The predicted molar refractivity (Wildman–Crippen MR) is 145 cm³/mol. The Morgan fingerprint density at radius 1 is 0.737 bits per heavy atom. The summed E-state index contributed by atoms with van der Waals surface area (Å²) in [6.07, 6.45) is 0. The van der Waals surface area contributed by atoms with Gasteiger partial charge in [-0.1, -0.05) is 48.0 Å². The third-order valence-electron chi connectivity index (χ3n) is 6.51. The third-order valence-corrected chi connectivity index (χ3v) is 7.43. The number of benzene rings is 3. The molecule has 0 unspecified atom stereocenters. The molecule has 2 aromatic heterocycles. The number of aromatic nitrogens is 3. The molecule has 0 atom stereocenters. The second kappa shape index (κ2) is 9.09. The van der Waals surface area contributed by atoms with Crippen LogP contribution in [0.1, 0.15) is 11.1 Å². The third kappa shape index (κ3) is 3.90. The SMILES string of the molecule is Cc1ccc(S(=O)(=O)O)c(-c2c(C)c(=O)n(C)c3c2c(=O)n(-c2ccccc2)c(=O)n3-c2ccccc2)c1. The Bertz CT molecular complexity index is 2020. The van der Waals surface area contributed by atoms with E-state index in [1.54, 1.807) is 67.6 Å². The highest BCUT2D eigenvalue weighted by Crippen LogP contribution is 2.34. The van der Waals surface area contributed by atoms with Crippen molar-refractivity contribution in [1.29, 1.82) is 0 Å². The Morgan fingerprint density at radius 2 is 1.29 bits per heavy atom. The average Bonchev–Trinajstić information content (AvgIpc) is 2.88. The zero-order chi connectivity index (χ0) is 27.4. The maximum atomic E-state index is 14.2. The Labute approximate surface area is 217 Å². The smallest absolute Gasteiger partial charge is 0.296 e. The van der Waals surface area contributed by atoms with Crippen LogP contribution in [0.15, 0.2) is 98.1 Å². The van der Waals surface area contributed by atoms with Crippen molar-refractivity contribution in [2.75, 3.05) is 0 Å². The van der Waals surface area contributed by atoms with Crippen molar-refractivity contribution in [3.05, 3.63) is 121 Å². The van der Waals surface area contributed by atoms with E-state index in [2.05, 4.69) is 0 Å². The van der Waals surface area contributed by atoms with Crippen molar-refractivity contribution in [2.24, 2.45) is 7.05 Å². The lowest BCUT2D eigenvalue weighted by Crippen LogP contribution is -2.41. The van der Waals surface area contributed by atoms with Gasteiger partial charge in [-0.2, -0.15) is 8.42 Å². The molecule has 0 fully saturated rings. The van der Waals surface area contributed by atoms with Crippen molar-refractivity contribution in [3.63, 3.8) is 0 Å². The zero-order valence-electron chi connectivity index (χ0n) is 20.7. The first-order chi connectivity index (χ1) is 18.0. The molecule has 10 heteroatoms. The van der Waals surface area contributed by atoms with Crippen LogP contribution in [0.3, 0.4) is 0 Å². The molecule has 1 N–H and O–H groups in total. The van der Waals surface area contributed by atoms with Crippen molar-refractivity contribution in [1.82, 2.24) is 13.7 Å². The number of pyridine rings is 1. The molecule has 0 aliphatic carbocycles. The summed E-state index contributed by atoms with van der Waals surface area (Å²) in [5, 5.41) is -0.0487. The highest BCUT2D eigenvalue weighted by molar-refractivity contribution is 7.86. The Morgan fingerprint density at radius 3 is 1.84 bits per heavy atom. The molecule has 0 aliphatic rings. The zero-order valence-corrected chi connectivity index (χ0v) is 21.6. The lowest BCUT2D eigenvalue weighted by molar-refractivity contribution is 0.483. The Kier molecular flexibility index (Phi) is 6.01. The summed E-state index contributed by atoms with van der Waals surface area (Å²) >= 11 is 0.